The molecule has 0 aromatic heterocycles. The summed E-state index contributed by atoms with van der Waals surface area (Å²) in [6, 6.07) is 12.5. The highest BCUT2D eigenvalue weighted by molar-refractivity contribution is 6.32. The minimum Gasteiger partial charge on any atom is -0.482 e. The summed E-state index contributed by atoms with van der Waals surface area (Å²) < 4.78 is 36.1. The molecule has 0 spiro atoms. The summed E-state index contributed by atoms with van der Waals surface area (Å²) in [4.78, 5) is 12.7. The number of rotatable bonds is 14. The molecule has 2 aromatic rings. The van der Waals surface area contributed by atoms with Gasteiger partial charge in [0.1, 0.15) is 17.2 Å². The summed E-state index contributed by atoms with van der Waals surface area (Å²) in [7, 11) is 0. The molecule has 38 heavy (non-hydrogen) atoms. The van der Waals surface area contributed by atoms with Crippen LogP contribution in [0.4, 0.5) is 10.1 Å². The average Bonchev–Trinajstić information content (AvgIpc) is 3.39. The second kappa shape index (κ2) is 13.1. The van der Waals surface area contributed by atoms with Gasteiger partial charge < -0.3 is 34.7 Å². The smallest absolute Gasteiger partial charge is 0.260 e. The number of amides is 1. The van der Waals surface area contributed by atoms with Gasteiger partial charge in [-0.15, -0.1) is 0 Å². The first-order chi connectivity index (χ1) is 18.4. The summed E-state index contributed by atoms with van der Waals surface area (Å²) in [5, 5.41) is 14.8. The lowest BCUT2D eigenvalue weighted by Gasteiger charge is -2.23. The highest BCUT2D eigenvalue weighted by Gasteiger charge is 2.38. The number of carbonyl (C=O) groups excluding carboxylic acids is 1. The lowest BCUT2D eigenvalue weighted by molar-refractivity contribution is -0.111. The van der Waals surface area contributed by atoms with Crippen molar-refractivity contribution in [3.05, 3.63) is 76.8 Å². The van der Waals surface area contributed by atoms with E-state index < -0.39 is 11.4 Å². The van der Waals surface area contributed by atoms with Crippen LogP contribution in [0, 0.1) is 5.82 Å². The number of ether oxygens (including phenoxy) is 4. The number of halogens is 1. The highest BCUT2D eigenvalue weighted by Crippen LogP contribution is 2.44. The van der Waals surface area contributed by atoms with Crippen molar-refractivity contribution < 1.29 is 33.2 Å². The van der Waals surface area contributed by atoms with Gasteiger partial charge in [-0.3, -0.25) is 4.79 Å². The SMILES string of the molecule is CC1(C)OC(=C2C(=O)Nc3ccc(F)cc32)C=C1c1ccc(CNCCOCCOCCOCCO)cc1. The van der Waals surface area contributed by atoms with E-state index in [-0.39, 0.29) is 12.5 Å². The molecule has 0 saturated carbocycles. The van der Waals surface area contributed by atoms with E-state index >= 15 is 0 Å². The van der Waals surface area contributed by atoms with E-state index in [4.69, 9.17) is 24.1 Å². The maximum Gasteiger partial charge on any atom is 0.260 e. The molecule has 9 heteroatoms. The van der Waals surface area contributed by atoms with Crippen LogP contribution in [0.1, 0.15) is 30.5 Å². The van der Waals surface area contributed by atoms with Crippen molar-refractivity contribution in [2.24, 2.45) is 0 Å². The van der Waals surface area contributed by atoms with Crippen molar-refractivity contribution in [2.45, 2.75) is 26.0 Å². The number of hydrogen-bond acceptors (Lipinski definition) is 7. The minimum atomic E-state index is -0.647. The van der Waals surface area contributed by atoms with E-state index in [9.17, 15) is 9.18 Å². The Balaban J connectivity index is 1.27. The normalized spacial score (nSPS) is 17.8. The molecule has 1 amide bonds. The quantitative estimate of drug-likeness (QED) is 0.256. The molecule has 204 valence electrons. The van der Waals surface area contributed by atoms with Gasteiger partial charge in [0.2, 0.25) is 0 Å². The first kappa shape index (κ1) is 27.9. The number of anilines is 1. The van der Waals surface area contributed by atoms with Crippen LogP contribution in [0.2, 0.25) is 0 Å². The number of carbonyl (C=O) groups is 1. The van der Waals surface area contributed by atoms with Crippen LogP contribution in [-0.4, -0.2) is 69.4 Å². The monoisotopic (exact) mass is 526 g/mol. The van der Waals surface area contributed by atoms with Crippen molar-refractivity contribution in [1.82, 2.24) is 5.32 Å². The van der Waals surface area contributed by atoms with Gasteiger partial charge in [0.25, 0.3) is 5.91 Å². The number of fused-ring (bicyclic) bond motifs is 1. The second-order valence-corrected chi connectivity index (χ2v) is 9.49. The molecule has 2 aliphatic heterocycles. The fourth-order valence-corrected chi connectivity index (χ4v) is 4.39. The number of aliphatic hydroxyl groups is 1. The summed E-state index contributed by atoms with van der Waals surface area (Å²) in [5.41, 5.74) is 3.88. The molecular weight excluding hydrogens is 491 g/mol. The Labute approximate surface area is 222 Å². The molecule has 0 unspecified atom stereocenters. The van der Waals surface area contributed by atoms with Crippen LogP contribution in [0.3, 0.4) is 0 Å². The maximum absolute atomic E-state index is 13.9. The van der Waals surface area contributed by atoms with Crippen molar-refractivity contribution in [3.8, 4) is 0 Å². The molecule has 0 aliphatic carbocycles. The Morgan fingerprint density at radius 2 is 1.66 bits per heavy atom. The van der Waals surface area contributed by atoms with Crippen LogP contribution in [0.25, 0.3) is 11.1 Å². The van der Waals surface area contributed by atoms with Crippen molar-refractivity contribution in [2.75, 3.05) is 58.1 Å². The number of nitrogens with one attached hydrogen (secondary N) is 2. The lowest BCUT2D eigenvalue weighted by atomic mass is 9.91. The van der Waals surface area contributed by atoms with Gasteiger partial charge in [0.05, 0.1) is 51.8 Å². The summed E-state index contributed by atoms with van der Waals surface area (Å²) in [5.74, 6) is -0.255. The third-order valence-electron chi connectivity index (χ3n) is 6.26. The zero-order chi connectivity index (χ0) is 27.0. The molecule has 0 saturated heterocycles. The summed E-state index contributed by atoms with van der Waals surface area (Å²) >= 11 is 0. The zero-order valence-corrected chi connectivity index (χ0v) is 21.8. The van der Waals surface area contributed by atoms with Gasteiger partial charge in [-0.05, 0) is 49.2 Å². The summed E-state index contributed by atoms with van der Waals surface area (Å²) in [6.45, 7) is 8.24. The Morgan fingerprint density at radius 3 is 2.37 bits per heavy atom. The van der Waals surface area contributed by atoms with Gasteiger partial charge in [-0.2, -0.15) is 0 Å². The van der Waals surface area contributed by atoms with E-state index in [1.165, 1.54) is 12.1 Å². The Morgan fingerprint density at radius 1 is 0.974 bits per heavy atom. The van der Waals surface area contributed by atoms with Gasteiger partial charge in [-0.1, -0.05) is 24.3 Å². The van der Waals surface area contributed by atoms with Crippen LogP contribution >= 0.6 is 0 Å². The molecule has 3 N–H and O–H groups in total. The van der Waals surface area contributed by atoms with E-state index in [0.717, 1.165) is 16.7 Å². The lowest BCUT2D eigenvalue weighted by Crippen LogP contribution is -2.21. The topological polar surface area (TPSA) is 98.3 Å². The molecule has 0 atom stereocenters. The van der Waals surface area contributed by atoms with Crippen molar-refractivity contribution in [1.29, 1.82) is 0 Å². The Bertz CT molecular complexity index is 1180. The zero-order valence-electron chi connectivity index (χ0n) is 21.8. The van der Waals surface area contributed by atoms with Crippen molar-refractivity contribution in [3.63, 3.8) is 0 Å². The first-order valence-corrected chi connectivity index (χ1v) is 12.8. The standard InChI is InChI=1S/C29H35FN2O6/c1-29(2)24(18-26(38-29)27-23-17-22(30)7-8-25(23)32-28(27)34)21-5-3-20(4-6-21)19-31-9-11-35-13-15-37-16-14-36-12-10-33/h3-8,17-18,31,33H,9-16,19H2,1-2H3,(H,32,34). The fourth-order valence-electron chi connectivity index (χ4n) is 4.39. The van der Waals surface area contributed by atoms with E-state index in [1.807, 2.05) is 32.1 Å². The van der Waals surface area contributed by atoms with Gasteiger partial charge in [0.15, 0.2) is 0 Å². The van der Waals surface area contributed by atoms with Gasteiger partial charge in [0, 0.05) is 29.9 Å². The third-order valence-corrected chi connectivity index (χ3v) is 6.26. The molecule has 0 fully saturated rings. The Kier molecular flexibility index (Phi) is 9.65. The first-order valence-electron chi connectivity index (χ1n) is 12.8. The minimum absolute atomic E-state index is 0.0197. The molecule has 2 heterocycles. The van der Waals surface area contributed by atoms with E-state index in [1.54, 1.807) is 6.07 Å². The van der Waals surface area contributed by atoms with E-state index in [0.29, 0.717) is 75.3 Å². The summed E-state index contributed by atoms with van der Waals surface area (Å²) in [6.07, 6.45) is 1.88. The molecule has 2 aromatic carbocycles. The predicted octanol–water partition coefficient (Wildman–Crippen LogP) is 3.51. The predicted molar refractivity (Wildman–Crippen MR) is 143 cm³/mol. The molecule has 2 aliphatic rings. The van der Waals surface area contributed by atoms with E-state index in [2.05, 4.69) is 22.8 Å². The molecule has 8 nitrogen and oxygen atoms in total. The number of aliphatic hydroxyl groups excluding tert-OH is 1. The Hall–Kier alpha value is -3.08. The van der Waals surface area contributed by atoms with Crippen LogP contribution in [0.5, 0.6) is 0 Å². The van der Waals surface area contributed by atoms with Gasteiger partial charge in [-0.25, -0.2) is 4.39 Å². The maximum atomic E-state index is 13.9. The van der Waals surface area contributed by atoms with Crippen LogP contribution in [0.15, 0.2) is 54.3 Å². The van der Waals surface area contributed by atoms with Crippen LogP contribution < -0.4 is 10.6 Å². The fraction of sp³-hybridized carbons (Fsp3) is 0.414. The third kappa shape index (κ3) is 7.06. The average molecular weight is 527 g/mol. The number of hydrogen-bond donors (Lipinski definition) is 3. The van der Waals surface area contributed by atoms with Crippen molar-refractivity contribution >= 4 is 22.7 Å². The number of benzene rings is 2. The van der Waals surface area contributed by atoms with Gasteiger partial charge >= 0.3 is 0 Å². The number of allylic oxidation sites excluding steroid dienone is 1. The van der Waals surface area contributed by atoms with Crippen LogP contribution in [-0.2, 0) is 30.3 Å². The highest BCUT2D eigenvalue weighted by atomic mass is 19.1. The second-order valence-electron chi connectivity index (χ2n) is 9.49. The molecule has 0 radical (unpaired) electrons. The molecule has 4 rings (SSSR count). The molecular formula is C29H35FN2O6. The largest absolute Gasteiger partial charge is 0.482 e. The molecule has 0 bridgehead atoms.